The molecule has 0 spiro atoms. The number of carbonyl (C=O) groups is 2. The van der Waals surface area contributed by atoms with E-state index in [4.69, 9.17) is 23.2 Å². The summed E-state index contributed by atoms with van der Waals surface area (Å²) >= 11 is 12.4. The van der Waals surface area contributed by atoms with Gasteiger partial charge in [0.2, 0.25) is 21.8 Å². The molecule has 2 amide bonds. The van der Waals surface area contributed by atoms with Crippen molar-refractivity contribution in [2.45, 2.75) is 83.8 Å². The zero-order valence-electron chi connectivity index (χ0n) is 23.0. The standard InChI is InChI=1S/C29H39Cl2N3O4S/c1-4-26(29(36)32-24-9-6-5-7-10-24)33(20-22-14-12-21(2)13-15-22)28(35)11-8-18-34(39(3,37)38)27-19-23(30)16-17-25(27)31/h12-17,19,24,26H,4-11,18,20H2,1-3H3,(H,32,36). The maximum Gasteiger partial charge on any atom is 0.243 e. The van der Waals surface area contributed by atoms with Crippen molar-refractivity contribution >= 4 is 50.7 Å². The average molecular weight is 597 g/mol. The minimum absolute atomic E-state index is 0.0497. The first-order chi connectivity index (χ1) is 18.5. The number of nitrogens with zero attached hydrogens (tertiary/aromatic N) is 2. The molecule has 10 heteroatoms. The molecule has 2 aromatic carbocycles. The van der Waals surface area contributed by atoms with Gasteiger partial charge < -0.3 is 10.2 Å². The van der Waals surface area contributed by atoms with Crippen LogP contribution in [0.15, 0.2) is 42.5 Å². The van der Waals surface area contributed by atoms with Crippen LogP contribution < -0.4 is 9.62 Å². The summed E-state index contributed by atoms with van der Waals surface area (Å²) in [6.45, 7) is 4.26. The molecule has 0 aromatic heterocycles. The van der Waals surface area contributed by atoms with Crippen molar-refractivity contribution in [1.29, 1.82) is 0 Å². The Morgan fingerprint density at radius 1 is 1.05 bits per heavy atom. The molecule has 1 unspecified atom stereocenters. The van der Waals surface area contributed by atoms with Crippen LogP contribution in [0.5, 0.6) is 0 Å². The molecule has 1 atom stereocenters. The molecule has 1 N–H and O–H groups in total. The van der Waals surface area contributed by atoms with E-state index in [1.807, 2.05) is 38.1 Å². The van der Waals surface area contributed by atoms with Crippen LogP contribution in [0.25, 0.3) is 0 Å². The second kappa shape index (κ2) is 14.4. The summed E-state index contributed by atoms with van der Waals surface area (Å²) in [7, 11) is -3.68. The fraction of sp³-hybridized carbons (Fsp3) is 0.517. The summed E-state index contributed by atoms with van der Waals surface area (Å²) in [4.78, 5) is 28.7. The molecule has 39 heavy (non-hydrogen) atoms. The van der Waals surface area contributed by atoms with E-state index in [-0.39, 0.29) is 48.0 Å². The Balaban J connectivity index is 1.77. The van der Waals surface area contributed by atoms with Crippen molar-refractivity contribution in [1.82, 2.24) is 10.2 Å². The number of carbonyl (C=O) groups excluding carboxylic acids is 2. The molecule has 0 saturated heterocycles. The van der Waals surface area contributed by atoms with E-state index < -0.39 is 16.1 Å². The molecule has 214 valence electrons. The summed E-state index contributed by atoms with van der Waals surface area (Å²) in [6.07, 6.45) is 7.20. The van der Waals surface area contributed by atoms with E-state index in [1.54, 1.807) is 17.0 Å². The first-order valence-electron chi connectivity index (χ1n) is 13.6. The van der Waals surface area contributed by atoms with Crippen LogP contribution in [0.2, 0.25) is 10.0 Å². The van der Waals surface area contributed by atoms with Gasteiger partial charge >= 0.3 is 0 Å². The van der Waals surface area contributed by atoms with Crippen molar-refractivity contribution in [2.75, 3.05) is 17.1 Å². The number of aryl methyl sites for hydroxylation is 1. The average Bonchev–Trinajstić information content (AvgIpc) is 2.89. The van der Waals surface area contributed by atoms with Gasteiger partial charge in [-0.2, -0.15) is 0 Å². The maximum atomic E-state index is 13.6. The van der Waals surface area contributed by atoms with Gasteiger partial charge in [0.25, 0.3) is 0 Å². The third-order valence-electron chi connectivity index (χ3n) is 7.14. The number of anilines is 1. The zero-order chi connectivity index (χ0) is 28.6. The molecule has 0 aliphatic heterocycles. The number of rotatable bonds is 12. The minimum Gasteiger partial charge on any atom is -0.352 e. The number of amides is 2. The van der Waals surface area contributed by atoms with Gasteiger partial charge in [0.05, 0.1) is 17.0 Å². The number of hydrogen-bond acceptors (Lipinski definition) is 4. The first kappa shape index (κ1) is 31.2. The molecule has 3 rings (SSSR count). The fourth-order valence-corrected chi connectivity index (χ4v) is 6.42. The molecule has 7 nitrogen and oxygen atoms in total. The van der Waals surface area contributed by atoms with Gasteiger partial charge in [0.1, 0.15) is 6.04 Å². The first-order valence-corrected chi connectivity index (χ1v) is 16.2. The Morgan fingerprint density at radius 2 is 1.72 bits per heavy atom. The van der Waals surface area contributed by atoms with Gasteiger partial charge in [-0.05, 0) is 56.4 Å². The van der Waals surface area contributed by atoms with Crippen molar-refractivity contribution < 1.29 is 18.0 Å². The lowest BCUT2D eigenvalue weighted by molar-refractivity contribution is -0.141. The van der Waals surface area contributed by atoms with E-state index in [0.717, 1.165) is 43.1 Å². The molecule has 0 heterocycles. The molecule has 1 fully saturated rings. The van der Waals surface area contributed by atoms with Crippen molar-refractivity contribution in [3.63, 3.8) is 0 Å². The van der Waals surface area contributed by atoms with Crippen LogP contribution in [0.1, 0.15) is 69.4 Å². The maximum absolute atomic E-state index is 13.6. The number of nitrogens with one attached hydrogen (secondary N) is 1. The quantitative estimate of drug-likeness (QED) is 0.321. The summed E-state index contributed by atoms with van der Waals surface area (Å²) in [6, 6.07) is 12.1. The van der Waals surface area contributed by atoms with Gasteiger partial charge in [-0.3, -0.25) is 13.9 Å². The summed E-state index contributed by atoms with van der Waals surface area (Å²) in [5.41, 5.74) is 2.31. The Hall–Kier alpha value is -2.29. The SMILES string of the molecule is CCC(C(=O)NC1CCCCC1)N(Cc1ccc(C)cc1)C(=O)CCCN(c1cc(Cl)ccc1Cl)S(C)(=O)=O. The van der Waals surface area contributed by atoms with Crippen molar-refractivity contribution in [3.05, 3.63) is 63.6 Å². The normalized spacial score (nSPS) is 15.0. The summed E-state index contributed by atoms with van der Waals surface area (Å²) in [5.74, 6) is -0.333. The summed E-state index contributed by atoms with van der Waals surface area (Å²) < 4.78 is 26.3. The minimum atomic E-state index is -3.68. The van der Waals surface area contributed by atoms with Gasteiger partial charge in [-0.15, -0.1) is 0 Å². The summed E-state index contributed by atoms with van der Waals surface area (Å²) in [5, 5.41) is 3.79. The lowest BCUT2D eigenvalue weighted by atomic mass is 9.95. The second-order valence-electron chi connectivity index (χ2n) is 10.3. The van der Waals surface area contributed by atoms with E-state index in [1.165, 1.54) is 16.8 Å². The lowest BCUT2D eigenvalue weighted by Gasteiger charge is -2.33. The molecular weight excluding hydrogens is 557 g/mol. The lowest BCUT2D eigenvalue weighted by Crippen LogP contribution is -2.51. The van der Waals surface area contributed by atoms with Crippen LogP contribution in [0.4, 0.5) is 5.69 Å². The van der Waals surface area contributed by atoms with Gasteiger partial charge in [0.15, 0.2) is 0 Å². The predicted octanol–water partition coefficient (Wildman–Crippen LogP) is 6.10. The smallest absolute Gasteiger partial charge is 0.243 e. The number of benzene rings is 2. The molecule has 0 radical (unpaired) electrons. The number of hydrogen-bond donors (Lipinski definition) is 1. The Morgan fingerprint density at radius 3 is 2.33 bits per heavy atom. The molecular formula is C29H39Cl2N3O4S. The zero-order valence-corrected chi connectivity index (χ0v) is 25.3. The van der Waals surface area contributed by atoms with Gasteiger partial charge in [0, 0.05) is 30.6 Å². The highest BCUT2D eigenvalue weighted by atomic mass is 35.5. The fourth-order valence-electron chi connectivity index (χ4n) is 5.01. The molecule has 1 aliphatic rings. The van der Waals surface area contributed by atoms with Crippen LogP contribution in [-0.2, 0) is 26.2 Å². The van der Waals surface area contributed by atoms with Gasteiger partial charge in [-0.1, -0.05) is 79.2 Å². The topological polar surface area (TPSA) is 86.8 Å². The van der Waals surface area contributed by atoms with Crippen LogP contribution >= 0.6 is 23.2 Å². The Kier molecular flexibility index (Phi) is 11.5. The largest absolute Gasteiger partial charge is 0.352 e. The predicted molar refractivity (Wildman–Crippen MR) is 159 cm³/mol. The second-order valence-corrected chi connectivity index (χ2v) is 13.1. The Labute approximate surface area is 242 Å². The van der Waals surface area contributed by atoms with Gasteiger partial charge in [-0.25, -0.2) is 8.42 Å². The van der Waals surface area contributed by atoms with Crippen molar-refractivity contribution in [3.8, 4) is 0 Å². The molecule has 2 aromatic rings. The van der Waals surface area contributed by atoms with E-state index in [2.05, 4.69) is 5.32 Å². The van der Waals surface area contributed by atoms with E-state index >= 15 is 0 Å². The van der Waals surface area contributed by atoms with E-state index in [9.17, 15) is 18.0 Å². The van der Waals surface area contributed by atoms with Crippen molar-refractivity contribution in [2.24, 2.45) is 0 Å². The third kappa shape index (κ3) is 9.12. The number of sulfonamides is 1. The molecule has 0 bridgehead atoms. The van der Waals surface area contributed by atoms with Crippen LogP contribution in [0.3, 0.4) is 0 Å². The van der Waals surface area contributed by atoms with Crippen LogP contribution in [0, 0.1) is 6.92 Å². The highest BCUT2D eigenvalue weighted by Gasteiger charge is 2.30. The monoisotopic (exact) mass is 595 g/mol. The Bertz CT molecular complexity index is 1230. The molecule has 1 saturated carbocycles. The molecule has 1 aliphatic carbocycles. The highest BCUT2D eigenvalue weighted by Crippen LogP contribution is 2.31. The highest BCUT2D eigenvalue weighted by molar-refractivity contribution is 7.92. The third-order valence-corrected chi connectivity index (χ3v) is 8.87. The van der Waals surface area contributed by atoms with E-state index in [0.29, 0.717) is 18.0 Å². The van der Waals surface area contributed by atoms with Crippen LogP contribution in [-0.4, -0.2) is 50.0 Å². The number of halogens is 2.